The van der Waals surface area contributed by atoms with Gasteiger partial charge in [-0.1, -0.05) is 70.5 Å². The van der Waals surface area contributed by atoms with E-state index in [0.29, 0.717) is 5.75 Å². The molecule has 3 aromatic rings. The molecule has 1 aliphatic rings. The Balaban J connectivity index is 1.79. The molecule has 176 valence electrons. The Kier molecular flexibility index (Phi) is 7.49. The first-order valence-electron chi connectivity index (χ1n) is 11.1. The number of aliphatic carboxylic acids is 1. The average molecular weight is 525 g/mol. The Bertz CT molecular complexity index is 1160. The van der Waals surface area contributed by atoms with E-state index in [2.05, 4.69) is 34.6 Å². The van der Waals surface area contributed by atoms with Crippen LogP contribution in [0.5, 0.6) is 5.75 Å². The quantitative estimate of drug-likeness (QED) is 0.331. The third-order valence-corrected chi connectivity index (χ3v) is 6.71. The Labute approximate surface area is 207 Å². The Hall–Kier alpha value is -2.96. The molecule has 0 saturated carbocycles. The summed E-state index contributed by atoms with van der Waals surface area (Å²) in [5.74, 6) is -0.909. The molecule has 0 radical (unpaired) electrons. The standard InChI is InChI=1S/C28H26BrFO4/c1-17(2)22-15-23(18-6-4-3-5-7-18)27(19-8-11-21(30)12-9-19)34-28(22)24-14-20(29)10-13-25(24)33-16-26(31)32/h3-14,22-23,27-28H,1,15-16H2,2H3,(H,31,32)/t22-,23-,27+,28+/m1/s1. The first-order chi connectivity index (χ1) is 16.3. The number of hydrogen-bond donors (Lipinski definition) is 1. The molecule has 0 amide bonds. The molecule has 0 unspecified atom stereocenters. The fourth-order valence-electron chi connectivity index (χ4n) is 4.61. The SMILES string of the molecule is C=C(C)[C@H]1C[C@H](c2ccccc2)[C@H](c2ccc(F)cc2)O[C@@H]1c1cc(Br)ccc1OCC(=O)O. The minimum absolute atomic E-state index is 0.0279. The van der Waals surface area contributed by atoms with Crippen LogP contribution in [0, 0.1) is 11.7 Å². The molecule has 0 spiro atoms. The molecule has 4 rings (SSSR count). The van der Waals surface area contributed by atoms with Crippen molar-refractivity contribution in [2.24, 2.45) is 5.92 Å². The number of ether oxygens (including phenoxy) is 2. The number of carboxylic acid groups (broad SMARTS) is 1. The van der Waals surface area contributed by atoms with Gasteiger partial charge in [-0.15, -0.1) is 0 Å². The first kappa shape index (κ1) is 24.2. The number of carbonyl (C=O) groups is 1. The van der Waals surface area contributed by atoms with Gasteiger partial charge in [-0.25, -0.2) is 9.18 Å². The predicted octanol–water partition coefficient (Wildman–Crippen LogP) is 7.23. The summed E-state index contributed by atoms with van der Waals surface area (Å²) in [5, 5.41) is 9.13. The predicted molar refractivity (Wildman–Crippen MR) is 132 cm³/mol. The molecule has 0 aliphatic carbocycles. The van der Waals surface area contributed by atoms with Gasteiger partial charge in [-0.2, -0.15) is 0 Å². The fraction of sp³-hybridized carbons (Fsp3) is 0.250. The third-order valence-electron chi connectivity index (χ3n) is 6.22. The van der Waals surface area contributed by atoms with Crippen molar-refractivity contribution in [3.63, 3.8) is 0 Å². The Morgan fingerprint density at radius 3 is 2.44 bits per heavy atom. The minimum Gasteiger partial charge on any atom is -0.482 e. The molecule has 1 heterocycles. The lowest BCUT2D eigenvalue weighted by Gasteiger charge is -2.43. The molecular weight excluding hydrogens is 499 g/mol. The molecule has 6 heteroatoms. The summed E-state index contributed by atoms with van der Waals surface area (Å²) in [6.07, 6.45) is 0.000405. The lowest BCUT2D eigenvalue weighted by Crippen LogP contribution is -2.32. The van der Waals surface area contributed by atoms with Crippen molar-refractivity contribution < 1.29 is 23.8 Å². The van der Waals surface area contributed by atoms with Crippen molar-refractivity contribution in [3.8, 4) is 5.75 Å². The Morgan fingerprint density at radius 1 is 1.09 bits per heavy atom. The van der Waals surface area contributed by atoms with Gasteiger partial charge in [0.05, 0.1) is 12.2 Å². The summed E-state index contributed by atoms with van der Waals surface area (Å²) in [7, 11) is 0. The summed E-state index contributed by atoms with van der Waals surface area (Å²) in [5.41, 5.74) is 3.73. The number of halogens is 2. The van der Waals surface area contributed by atoms with Crippen molar-refractivity contribution in [1.82, 2.24) is 0 Å². The second kappa shape index (κ2) is 10.5. The van der Waals surface area contributed by atoms with E-state index in [-0.39, 0.29) is 23.8 Å². The lowest BCUT2D eigenvalue weighted by molar-refractivity contribution is -0.139. The molecule has 1 fully saturated rings. The zero-order valence-electron chi connectivity index (χ0n) is 18.8. The van der Waals surface area contributed by atoms with Crippen LogP contribution < -0.4 is 4.74 Å². The number of rotatable bonds is 7. The molecule has 0 aromatic heterocycles. The van der Waals surface area contributed by atoms with Crippen molar-refractivity contribution in [2.75, 3.05) is 6.61 Å². The van der Waals surface area contributed by atoms with Crippen LogP contribution in [0.3, 0.4) is 0 Å². The van der Waals surface area contributed by atoms with E-state index in [1.54, 1.807) is 18.2 Å². The average Bonchev–Trinajstić information content (AvgIpc) is 2.83. The molecule has 1 aliphatic heterocycles. The van der Waals surface area contributed by atoms with E-state index in [9.17, 15) is 9.18 Å². The van der Waals surface area contributed by atoms with Crippen molar-refractivity contribution in [1.29, 1.82) is 0 Å². The molecule has 0 bridgehead atoms. The largest absolute Gasteiger partial charge is 0.482 e. The monoisotopic (exact) mass is 524 g/mol. The molecule has 1 N–H and O–H groups in total. The Morgan fingerprint density at radius 2 is 1.79 bits per heavy atom. The van der Waals surface area contributed by atoms with E-state index < -0.39 is 18.7 Å². The van der Waals surface area contributed by atoms with Crippen LogP contribution in [0.15, 0.2) is 89.4 Å². The van der Waals surface area contributed by atoms with Gasteiger partial charge in [-0.05, 0) is 54.8 Å². The van der Waals surface area contributed by atoms with E-state index in [1.165, 1.54) is 12.1 Å². The second-order valence-electron chi connectivity index (χ2n) is 8.60. The van der Waals surface area contributed by atoms with Gasteiger partial charge in [0.25, 0.3) is 0 Å². The molecule has 3 aromatic carbocycles. The maximum atomic E-state index is 13.7. The first-order valence-corrected chi connectivity index (χ1v) is 11.9. The van der Waals surface area contributed by atoms with Crippen molar-refractivity contribution in [2.45, 2.75) is 31.5 Å². The van der Waals surface area contributed by atoms with E-state index in [0.717, 1.165) is 33.2 Å². The second-order valence-corrected chi connectivity index (χ2v) is 9.51. The van der Waals surface area contributed by atoms with Crippen LogP contribution in [0.25, 0.3) is 0 Å². The van der Waals surface area contributed by atoms with Crippen LogP contribution in [-0.4, -0.2) is 17.7 Å². The number of benzene rings is 3. The van der Waals surface area contributed by atoms with Gasteiger partial charge in [0.1, 0.15) is 11.6 Å². The zero-order chi connectivity index (χ0) is 24.2. The molecule has 4 nitrogen and oxygen atoms in total. The van der Waals surface area contributed by atoms with Crippen LogP contribution in [-0.2, 0) is 9.53 Å². The van der Waals surface area contributed by atoms with Gasteiger partial charge in [0.15, 0.2) is 6.61 Å². The highest BCUT2D eigenvalue weighted by atomic mass is 79.9. The van der Waals surface area contributed by atoms with Gasteiger partial charge >= 0.3 is 5.97 Å². The fourth-order valence-corrected chi connectivity index (χ4v) is 4.98. The maximum Gasteiger partial charge on any atom is 0.341 e. The van der Waals surface area contributed by atoms with Crippen molar-refractivity contribution in [3.05, 3.63) is 112 Å². The highest BCUT2D eigenvalue weighted by Gasteiger charge is 2.41. The molecule has 4 atom stereocenters. The van der Waals surface area contributed by atoms with Gasteiger partial charge in [0, 0.05) is 21.9 Å². The lowest BCUT2D eigenvalue weighted by atomic mass is 9.74. The van der Waals surface area contributed by atoms with Crippen LogP contribution >= 0.6 is 15.9 Å². The van der Waals surface area contributed by atoms with E-state index in [1.807, 2.05) is 37.3 Å². The summed E-state index contributed by atoms with van der Waals surface area (Å²) in [4.78, 5) is 11.2. The van der Waals surface area contributed by atoms with Crippen LogP contribution in [0.1, 0.15) is 48.2 Å². The smallest absolute Gasteiger partial charge is 0.341 e. The highest BCUT2D eigenvalue weighted by Crippen LogP contribution is 2.53. The molecule has 34 heavy (non-hydrogen) atoms. The molecule has 1 saturated heterocycles. The van der Waals surface area contributed by atoms with E-state index in [4.69, 9.17) is 14.6 Å². The van der Waals surface area contributed by atoms with Crippen LogP contribution in [0.2, 0.25) is 0 Å². The van der Waals surface area contributed by atoms with Crippen molar-refractivity contribution >= 4 is 21.9 Å². The van der Waals surface area contributed by atoms with E-state index >= 15 is 0 Å². The van der Waals surface area contributed by atoms with Gasteiger partial charge in [-0.3, -0.25) is 0 Å². The van der Waals surface area contributed by atoms with Crippen LogP contribution in [0.4, 0.5) is 4.39 Å². The zero-order valence-corrected chi connectivity index (χ0v) is 20.4. The number of carboxylic acids is 1. The number of hydrogen-bond acceptors (Lipinski definition) is 3. The van der Waals surface area contributed by atoms with Gasteiger partial charge in [0.2, 0.25) is 0 Å². The topological polar surface area (TPSA) is 55.8 Å². The summed E-state index contributed by atoms with van der Waals surface area (Å²) in [6, 6.07) is 22.0. The summed E-state index contributed by atoms with van der Waals surface area (Å²) in [6.45, 7) is 5.77. The molecular formula is C28H26BrFO4. The minimum atomic E-state index is -1.05. The van der Waals surface area contributed by atoms with Gasteiger partial charge < -0.3 is 14.6 Å². The normalized spacial score (nSPS) is 22.2. The highest BCUT2D eigenvalue weighted by molar-refractivity contribution is 9.10. The summed E-state index contributed by atoms with van der Waals surface area (Å²) >= 11 is 3.53. The maximum absolute atomic E-state index is 13.7. The summed E-state index contributed by atoms with van der Waals surface area (Å²) < 4.78 is 27.0. The third kappa shape index (κ3) is 5.40.